The molecule has 5 heteroatoms. The molecule has 5 nitrogen and oxygen atoms in total. The maximum Gasteiger partial charge on any atom is 0.230 e. The van der Waals surface area contributed by atoms with Crippen molar-refractivity contribution in [3.8, 4) is 23.2 Å². The molecule has 0 amide bonds. The minimum absolute atomic E-state index is 0.488. The first-order valence-corrected chi connectivity index (χ1v) is 8.16. The Morgan fingerprint density at radius 3 is 2.54 bits per heavy atom. The zero-order chi connectivity index (χ0) is 17.5. The Balaban J connectivity index is 1.68. The average molecular weight is 336 g/mol. The molecule has 26 heavy (non-hydrogen) atoms. The Bertz CT molecular complexity index is 1290. The zero-order valence-electron chi connectivity index (χ0n) is 13.6. The molecule has 0 atom stereocenters. The fourth-order valence-electron chi connectivity index (χ4n) is 3.13. The number of hydrogen-bond acceptors (Lipinski definition) is 4. The fraction of sp³-hybridized carbons (Fsp3) is 0. The van der Waals surface area contributed by atoms with Gasteiger partial charge in [0.2, 0.25) is 5.89 Å². The maximum absolute atomic E-state index is 9.42. The van der Waals surface area contributed by atoms with Gasteiger partial charge in [0, 0.05) is 23.0 Å². The lowest BCUT2D eigenvalue weighted by atomic mass is 10.0. The summed E-state index contributed by atoms with van der Waals surface area (Å²) in [4.78, 5) is 4.66. The highest BCUT2D eigenvalue weighted by atomic mass is 16.3. The maximum atomic E-state index is 9.42. The Hall–Kier alpha value is -3.91. The van der Waals surface area contributed by atoms with Crippen molar-refractivity contribution in [2.75, 3.05) is 0 Å². The molecule has 3 aromatic carbocycles. The monoisotopic (exact) mass is 336 g/mol. The van der Waals surface area contributed by atoms with Gasteiger partial charge in [-0.2, -0.15) is 10.4 Å². The molecule has 0 spiro atoms. The van der Waals surface area contributed by atoms with E-state index in [4.69, 9.17) is 4.42 Å². The van der Waals surface area contributed by atoms with Crippen molar-refractivity contribution in [3.63, 3.8) is 0 Å². The van der Waals surface area contributed by atoms with Crippen LogP contribution in [0.25, 0.3) is 39.0 Å². The van der Waals surface area contributed by atoms with Crippen LogP contribution < -0.4 is 0 Å². The first-order valence-electron chi connectivity index (χ1n) is 8.16. The van der Waals surface area contributed by atoms with Crippen LogP contribution in [-0.4, -0.2) is 14.8 Å². The Morgan fingerprint density at radius 2 is 1.73 bits per heavy atom. The van der Waals surface area contributed by atoms with Gasteiger partial charge in [0.25, 0.3) is 0 Å². The lowest BCUT2D eigenvalue weighted by Crippen LogP contribution is -1.92. The molecule has 5 rings (SSSR count). The van der Waals surface area contributed by atoms with E-state index in [1.807, 2.05) is 60.8 Å². The first kappa shape index (κ1) is 14.4. The summed E-state index contributed by atoms with van der Waals surface area (Å²) in [5.41, 5.74) is 3.68. The molecule has 0 aliphatic carbocycles. The van der Waals surface area contributed by atoms with Crippen LogP contribution in [0.4, 0.5) is 0 Å². The third-order valence-corrected chi connectivity index (χ3v) is 4.37. The molecule has 0 unspecified atom stereocenters. The van der Waals surface area contributed by atoms with Crippen molar-refractivity contribution in [3.05, 3.63) is 78.6 Å². The van der Waals surface area contributed by atoms with Crippen molar-refractivity contribution >= 4 is 21.9 Å². The molecule has 122 valence electrons. The van der Waals surface area contributed by atoms with Crippen molar-refractivity contribution in [1.82, 2.24) is 14.8 Å². The number of para-hydroxylation sites is 1. The van der Waals surface area contributed by atoms with E-state index < -0.39 is 0 Å². The summed E-state index contributed by atoms with van der Waals surface area (Å²) < 4.78 is 7.72. The quantitative estimate of drug-likeness (QED) is 0.468. The second kappa shape index (κ2) is 5.57. The number of benzene rings is 3. The molecular weight excluding hydrogens is 324 g/mol. The molecule has 0 saturated heterocycles. The summed E-state index contributed by atoms with van der Waals surface area (Å²) in [6, 6.07) is 21.6. The molecule has 2 aromatic heterocycles. The summed E-state index contributed by atoms with van der Waals surface area (Å²) in [6.07, 6.45) is 3.61. The summed E-state index contributed by atoms with van der Waals surface area (Å²) in [6.45, 7) is 0. The number of nitrogens with zero attached hydrogens (tertiary/aromatic N) is 4. The smallest absolute Gasteiger partial charge is 0.230 e. The predicted molar refractivity (Wildman–Crippen MR) is 98.8 cm³/mol. The van der Waals surface area contributed by atoms with Gasteiger partial charge in [0.05, 0.1) is 29.1 Å². The predicted octanol–water partition coefficient (Wildman–Crippen LogP) is 4.71. The van der Waals surface area contributed by atoms with E-state index in [2.05, 4.69) is 16.2 Å². The van der Waals surface area contributed by atoms with Crippen LogP contribution in [0.3, 0.4) is 0 Å². The van der Waals surface area contributed by atoms with Gasteiger partial charge in [-0.25, -0.2) is 9.67 Å². The molecule has 0 aliphatic heterocycles. The molecule has 0 radical (unpaired) electrons. The highest BCUT2D eigenvalue weighted by Gasteiger charge is 2.15. The number of nitriles is 1. The van der Waals surface area contributed by atoms with Crippen LogP contribution >= 0.6 is 0 Å². The van der Waals surface area contributed by atoms with Crippen molar-refractivity contribution in [2.45, 2.75) is 0 Å². The Labute approximate surface area is 148 Å². The van der Waals surface area contributed by atoms with E-state index in [1.54, 1.807) is 16.9 Å². The van der Waals surface area contributed by atoms with Crippen LogP contribution in [0.5, 0.6) is 0 Å². The zero-order valence-corrected chi connectivity index (χ0v) is 13.6. The lowest BCUT2D eigenvalue weighted by molar-refractivity contribution is 0.620. The van der Waals surface area contributed by atoms with Crippen LogP contribution in [0, 0.1) is 11.3 Å². The van der Waals surface area contributed by atoms with Crippen LogP contribution in [0.15, 0.2) is 77.5 Å². The molecule has 0 bridgehead atoms. The van der Waals surface area contributed by atoms with Crippen LogP contribution in [0.1, 0.15) is 5.56 Å². The van der Waals surface area contributed by atoms with Gasteiger partial charge in [-0.05, 0) is 12.1 Å². The molecule has 5 aromatic rings. The summed E-state index contributed by atoms with van der Waals surface area (Å²) in [5, 5.41) is 15.6. The average Bonchev–Trinajstić information content (AvgIpc) is 3.35. The largest absolute Gasteiger partial charge is 0.436 e. The third-order valence-electron chi connectivity index (χ3n) is 4.37. The molecule has 0 N–H and O–H groups in total. The standard InChI is InChI=1S/C21H12N4O/c22-11-14-10-19-20(18-9-5-4-8-17(14)18)24-21(26-19)15-12-23-25(13-15)16-6-2-1-3-7-16/h1-10,12-13H. The molecule has 0 fully saturated rings. The van der Waals surface area contributed by atoms with Crippen molar-refractivity contribution in [1.29, 1.82) is 5.26 Å². The van der Waals surface area contributed by atoms with Crippen molar-refractivity contribution in [2.24, 2.45) is 0 Å². The number of fused-ring (bicyclic) bond motifs is 3. The molecule has 0 saturated carbocycles. The number of aromatic nitrogens is 3. The second-order valence-corrected chi connectivity index (χ2v) is 5.96. The molecular formula is C21H12N4O. The van der Waals surface area contributed by atoms with E-state index in [0.29, 0.717) is 17.0 Å². The number of rotatable bonds is 2. The minimum atomic E-state index is 0.488. The highest BCUT2D eigenvalue weighted by molar-refractivity contribution is 6.06. The summed E-state index contributed by atoms with van der Waals surface area (Å²) in [7, 11) is 0. The normalized spacial score (nSPS) is 11.0. The van der Waals surface area contributed by atoms with Gasteiger partial charge in [0.1, 0.15) is 5.52 Å². The van der Waals surface area contributed by atoms with Gasteiger partial charge in [-0.15, -0.1) is 0 Å². The van der Waals surface area contributed by atoms with Gasteiger partial charge in [-0.1, -0.05) is 42.5 Å². The van der Waals surface area contributed by atoms with Crippen LogP contribution in [-0.2, 0) is 0 Å². The Kier molecular flexibility index (Phi) is 3.09. The molecule has 0 aliphatic rings. The van der Waals surface area contributed by atoms with E-state index >= 15 is 0 Å². The third kappa shape index (κ3) is 2.17. The summed E-state index contributed by atoms with van der Waals surface area (Å²) >= 11 is 0. The lowest BCUT2D eigenvalue weighted by Gasteiger charge is -1.99. The van der Waals surface area contributed by atoms with Gasteiger partial charge >= 0.3 is 0 Å². The number of hydrogen-bond donors (Lipinski definition) is 0. The van der Waals surface area contributed by atoms with E-state index in [-0.39, 0.29) is 0 Å². The fourth-order valence-corrected chi connectivity index (χ4v) is 3.13. The first-order chi connectivity index (χ1) is 12.8. The minimum Gasteiger partial charge on any atom is -0.436 e. The SMILES string of the molecule is N#Cc1cc2oc(-c3cnn(-c4ccccc4)c3)nc2c2ccccc12. The van der Waals surface area contributed by atoms with Gasteiger partial charge in [0.15, 0.2) is 5.58 Å². The summed E-state index contributed by atoms with van der Waals surface area (Å²) in [5.74, 6) is 0.488. The number of oxazole rings is 1. The van der Waals surface area contributed by atoms with Crippen LogP contribution in [0.2, 0.25) is 0 Å². The topological polar surface area (TPSA) is 67.6 Å². The van der Waals surface area contributed by atoms with Gasteiger partial charge < -0.3 is 4.42 Å². The van der Waals surface area contributed by atoms with E-state index in [9.17, 15) is 5.26 Å². The van der Waals surface area contributed by atoms with Crippen molar-refractivity contribution < 1.29 is 4.42 Å². The highest BCUT2D eigenvalue weighted by Crippen LogP contribution is 2.31. The second-order valence-electron chi connectivity index (χ2n) is 5.96. The Morgan fingerprint density at radius 1 is 0.962 bits per heavy atom. The van der Waals surface area contributed by atoms with E-state index in [1.165, 1.54) is 0 Å². The molecule has 2 heterocycles. The van der Waals surface area contributed by atoms with Gasteiger partial charge in [-0.3, -0.25) is 0 Å². The van der Waals surface area contributed by atoms with E-state index in [0.717, 1.165) is 27.5 Å².